The summed E-state index contributed by atoms with van der Waals surface area (Å²) < 4.78 is 11.3. The molecule has 2 aromatic rings. The number of hydrogen-bond acceptors (Lipinski definition) is 6. The fourth-order valence-corrected chi connectivity index (χ4v) is 2.86. The highest BCUT2D eigenvalue weighted by Crippen LogP contribution is 2.32. The van der Waals surface area contributed by atoms with Crippen molar-refractivity contribution in [3.63, 3.8) is 0 Å². The van der Waals surface area contributed by atoms with Crippen LogP contribution in [0.5, 0.6) is 0 Å². The predicted octanol–water partition coefficient (Wildman–Crippen LogP) is 4.07. The summed E-state index contributed by atoms with van der Waals surface area (Å²) >= 11 is 3.29. The molecule has 146 valence electrons. The Labute approximate surface area is 170 Å². The average molecular weight is 448 g/mol. The highest BCUT2D eigenvalue weighted by Gasteiger charge is 2.14. The van der Waals surface area contributed by atoms with Crippen molar-refractivity contribution in [1.82, 2.24) is 5.32 Å². The summed E-state index contributed by atoms with van der Waals surface area (Å²) in [6.07, 6.45) is 2.00. The number of ether oxygens (including phenoxy) is 1. The number of rotatable bonds is 9. The highest BCUT2D eigenvalue weighted by molar-refractivity contribution is 9.10. The molecule has 1 N–H and O–H groups in total. The van der Waals surface area contributed by atoms with Crippen LogP contribution in [0.3, 0.4) is 0 Å². The van der Waals surface area contributed by atoms with E-state index in [1.54, 1.807) is 18.2 Å². The van der Waals surface area contributed by atoms with Gasteiger partial charge >= 0.3 is 0 Å². The largest absolute Gasteiger partial charge is 0.457 e. The molecular weight excluding hydrogens is 430 g/mol. The lowest BCUT2D eigenvalue weighted by atomic mass is 10.1. The molecule has 1 aromatic carbocycles. The minimum absolute atomic E-state index is 0.0462. The molecule has 0 aliphatic carbocycles. The Morgan fingerprint density at radius 3 is 2.86 bits per heavy atom. The quantitative estimate of drug-likeness (QED) is 0.203. The zero-order chi connectivity index (χ0) is 20.5. The second-order valence-electron chi connectivity index (χ2n) is 5.60. The van der Waals surface area contributed by atoms with Crippen molar-refractivity contribution in [3.05, 3.63) is 56.3 Å². The van der Waals surface area contributed by atoms with Gasteiger partial charge in [0, 0.05) is 48.0 Å². The van der Waals surface area contributed by atoms with Gasteiger partial charge in [-0.1, -0.05) is 0 Å². The van der Waals surface area contributed by atoms with Gasteiger partial charge in [0.05, 0.1) is 4.92 Å². The SMILES string of the molecule is CCOCCCNC(=O)/C(C#N)=C/c1ccc(-c2ccc([N+](=O)[O-])cc2Br)o1. The third-order valence-electron chi connectivity index (χ3n) is 3.66. The summed E-state index contributed by atoms with van der Waals surface area (Å²) in [6, 6.07) is 9.44. The Balaban J connectivity index is 2.10. The molecule has 2 rings (SSSR count). The molecule has 1 heterocycles. The summed E-state index contributed by atoms with van der Waals surface area (Å²) in [7, 11) is 0. The molecular formula is C19H18BrN3O5. The Hall–Kier alpha value is -2.96. The highest BCUT2D eigenvalue weighted by atomic mass is 79.9. The summed E-state index contributed by atoms with van der Waals surface area (Å²) in [5.41, 5.74) is 0.485. The lowest BCUT2D eigenvalue weighted by Gasteiger charge is -2.04. The summed E-state index contributed by atoms with van der Waals surface area (Å²) in [5, 5.41) is 22.7. The third-order valence-corrected chi connectivity index (χ3v) is 4.32. The van der Waals surface area contributed by atoms with Gasteiger partial charge < -0.3 is 14.5 Å². The van der Waals surface area contributed by atoms with E-state index in [2.05, 4.69) is 21.2 Å². The second kappa shape index (κ2) is 10.4. The van der Waals surface area contributed by atoms with Crippen LogP contribution in [0.2, 0.25) is 0 Å². The number of nitrogens with zero attached hydrogens (tertiary/aromatic N) is 2. The number of nitrogens with one attached hydrogen (secondary N) is 1. The molecule has 0 saturated carbocycles. The second-order valence-corrected chi connectivity index (χ2v) is 6.45. The lowest BCUT2D eigenvalue weighted by Crippen LogP contribution is -2.26. The molecule has 8 nitrogen and oxygen atoms in total. The van der Waals surface area contributed by atoms with Gasteiger partial charge in [-0.05, 0) is 47.5 Å². The number of amides is 1. The molecule has 0 atom stereocenters. The minimum Gasteiger partial charge on any atom is -0.457 e. The average Bonchev–Trinajstić information content (AvgIpc) is 3.13. The van der Waals surface area contributed by atoms with E-state index in [0.29, 0.717) is 47.7 Å². The minimum atomic E-state index is -0.492. The van der Waals surface area contributed by atoms with Gasteiger partial charge in [0.25, 0.3) is 11.6 Å². The van der Waals surface area contributed by atoms with Crippen LogP contribution in [0.4, 0.5) is 5.69 Å². The number of carbonyl (C=O) groups excluding carboxylic acids is 1. The van der Waals surface area contributed by atoms with Gasteiger partial charge in [-0.25, -0.2) is 0 Å². The summed E-state index contributed by atoms with van der Waals surface area (Å²) in [6.45, 7) is 3.44. The number of halogens is 1. The normalized spacial score (nSPS) is 11.1. The molecule has 0 spiro atoms. The summed E-state index contributed by atoms with van der Waals surface area (Å²) in [4.78, 5) is 22.4. The molecule has 9 heteroatoms. The Morgan fingerprint density at radius 2 is 2.21 bits per heavy atom. The van der Waals surface area contributed by atoms with Crippen LogP contribution in [-0.2, 0) is 9.53 Å². The maximum Gasteiger partial charge on any atom is 0.270 e. The molecule has 0 aliphatic rings. The van der Waals surface area contributed by atoms with Crippen molar-refractivity contribution >= 4 is 33.6 Å². The first-order chi connectivity index (χ1) is 13.5. The number of furan rings is 1. The van der Waals surface area contributed by atoms with Crippen molar-refractivity contribution in [3.8, 4) is 17.4 Å². The van der Waals surface area contributed by atoms with Gasteiger partial charge in [0.2, 0.25) is 0 Å². The Bertz CT molecular complexity index is 930. The number of non-ortho nitro benzene ring substituents is 1. The molecule has 0 radical (unpaired) electrons. The maximum atomic E-state index is 12.1. The molecule has 28 heavy (non-hydrogen) atoms. The molecule has 0 bridgehead atoms. The number of nitro groups is 1. The van der Waals surface area contributed by atoms with Gasteiger partial charge in [0.15, 0.2) is 0 Å². The first kappa shape index (κ1) is 21.3. The van der Waals surface area contributed by atoms with Crippen LogP contribution in [0.1, 0.15) is 19.1 Å². The molecule has 0 fully saturated rings. The smallest absolute Gasteiger partial charge is 0.270 e. The van der Waals surface area contributed by atoms with E-state index in [1.807, 2.05) is 13.0 Å². The van der Waals surface area contributed by atoms with Crippen LogP contribution in [0.25, 0.3) is 17.4 Å². The topological polar surface area (TPSA) is 118 Å². The van der Waals surface area contributed by atoms with Crippen LogP contribution in [-0.4, -0.2) is 30.6 Å². The van der Waals surface area contributed by atoms with Gasteiger partial charge in [-0.3, -0.25) is 14.9 Å². The van der Waals surface area contributed by atoms with Gasteiger partial charge in [0.1, 0.15) is 23.2 Å². The Kier molecular flexibility index (Phi) is 7.92. The molecule has 0 unspecified atom stereocenters. The third kappa shape index (κ3) is 5.77. The molecule has 0 saturated heterocycles. The van der Waals surface area contributed by atoms with E-state index in [4.69, 9.17) is 9.15 Å². The number of hydrogen-bond donors (Lipinski definition) is 1. The maximum absolute atomic E-state index is 12.1. The lowest BCUT2D eigenvalue weighted by molar-refractivity contribution is -0.384. The van der Waals surface area contributed by atoms with Crippen LogP contribution in [0.15, 0.2) is 44.8 Å². The van der Waals surface area contributed by atoms with E-state index in [1.165, 1.54) is 18.2 Å². The van der Waals surface area contributed by atoms with Crippen molar-refractivity contribution in [2.45, 2.75) is 13.3 Å². The number of carbonyl (C=O) groups is 1. The first-order valence-electron chi connectivity index (χ1n) is 8.48. The monoisotopic (exact) mass is 447 g/mol. The van der Waals surface area contributed by atoms with E-state index < -0.39 is 10.8 Å². The number of nitro benzene ring substituents is 1. The zero-order valence-corrected chi connectivity index (χ0v) is 16.7. The molecule has 1 amide bonds. The number of nitriles is 1. The molecule has 1 aromatic heterocycles. The van der Waals surface area contributed by atoms with E-state index in [0.717, 1.165) is 0 Å². The van der Waals surface area contributed by atoms with Crippen LogP contribution in [0, 0.1) is 21.4 Å². The fraction of sp³-hybridized carbons (Fsp3) is 0.263. The van der Waals surface area contributed by atoms with Crippen molar-refractivity contribution in [1.29, 1.82) is 5.26 Å². The predicted molar refractivity (Wildman–Crippen MR) is 106 cm³/mol. The molecule has 0 aliphatic heterocycles. The Morgan fingerprint density at radius 1 is 1.43 bits per heavy atom. The van der Waals surface area contributed by atoms with Crippen LogP contribution < -0.4 is 5.32 Å². The summed E-state index contributed by atoms with van der Waals surface area (Å²) in [5.74, 6) is 0.275. The van der Waals surface area contributed by atoms with Crippen molar-refractivity contribution in [2.75, 3.05) is 19.8 Å². The standard InChI is InChI=1S/C19H18BrN3O5/c1-2-27-9-3-8-22-19(24)13(12-21)10-15-5-7-18(28-15)16-6-4-14(23(25)26)11-17(16)20/h4-7,10-11H,2-3,8-9H2,1H3,(H,22,24)/b13-10+. The van der Waals surface area contributed by atoms with E-state index in [9.17, 15) is 20.2 Å². The van der Waals surface area contributed by atoms with E-state index >= 15 is 0 Å². The first-order valence-corrected chi connectivity index (χ1v) is 9.27. The van der Waals surface area contributed by atoms with Crippen LogP contribution >= 0.6 is 15.9 Å². The zero-order valence-electron chi connectivity index (χ0n) is 15.1. The van der Waals surface area contributed by atoms with Crippen molar-refractivity contribution in [2.24, 2.45) is 0 Å². The number of benzene rings is 1. The van der Waals surface area contributed by atoms with Gasteiger partial charge in [-0.15, -0.1) is 0 Å². The van der Waals surface area contributed by atoms with E-state index in [-0.39, 0.29) is 11.3 Å². The van der Waals surface area contributed by atoms with Gasteiger partial charge in [-0.2, -0.15) is 5.26 Å². The fourth-order valence-electron chi connectivity index (χ4n) is 2.30. The van der Waals surface area contributed by atoms with Crippen molar-refractivity contribution < 1.29 is 18.9 Å².